The fourth-order valence-corrected chi connectivity index (χ4v) is 2.24. The third-order valence-electron chi connectivity index (χ3n) is 2.42. The summed E-state index contributed by atoms with van der Waals surface area (Å²) in [5.41, 5.74) is 0. The zero-order chi connectivity index (χ0) is 11.7. The quantitative estimate of drug-likeness (QED) is 0.873. The molecule has 1 aromatic heterocycles. The molecule has 0 atom stereocenters. The summed E-state index contributed by atoms with van der Waals surface area (Å²) in [6.07, 6.45) is 1.97. The summed E-state index contributed by atoms with van der Waals surface area (Å²) in [5, 5.41) is 3.58. The fourth-order valence-electron chi connectivity index (χ4n) is 1.31. The number of anilines is 1. The van der Waals surface area contributed by atoms with Gasteiger partial charge in [-0.3, -0.25) is 9.59 Å². The van der Waals surface area contributed by atoms with Crippen LogP contribution in [0.5, 0.6) is 0 Å². The topological polar surface area (TPSA) is 49.4 Å². The Morgan fingerprint density at radius 2 is 2.06 bits per heavy atom. The molecule has 0 radical (unpaired) electrons. The molecule has 4 nitrogen and oxygen atoms in total. The number of hydrogen-bond donors (Lipinski definition) is 1. The number of nitrogens with one attached hydrogen (secondary N) is 1. The SMILES string of the molecule is CN(C)C(=O)c1ccc(NC(=O)C2CC2)s1. The van der Waals surface area contributed by atoms with Gasteiger partial charge in [-0.05, 0) is 25.0 Å². The van der Waals surface area contributed by atoms with Crippen LogP contribution in [0.4, 0.5) is 5.00 Å². The van der Waals surface area contributed by atoms with Crippen LogP contribution in [0.2, 0.25) is 0 Å². The lowest BCUT2D eigenvalue weighted by molar-refractivity contribution is -0.117. The summed E-state index contributed by atoms with van der Waals surface area (Å²) in [4.78, 5) is 25.3. The van der Waals surface area contributed by atoms with Crippen LogP contribution in [0.15, 0.2) is 12.1 Å². The molecule has 86 valence electrons. The van der Waals surface area contributed by atoms with Gasteiger partial charge in [0.15, 0.2) is 0 Å². The van der Waals surface area contributed by atoms with Crippen molar-refractivity contribution >= 4 is 28.2 Å². The normalized spacial score (nSPS) is 14.6. The van der Waals surface area contributed by atoms with Crippen LogP contribution < -0.4 is 5.32 Å². The van der Waals surface area contributed by atoms with E-state index in [0.29, 0.717) is 4.88 Å². The van der Waals surface area contributed by atoms with E-state index in [2.05, 4.69) is 5.32 Å². The van der Waals surface area contributed by atoms with Gasteiger partial charge in [-0.15, -0.1) is 11.3 Å². The average Bonchev–Trinajstić information content (AvgIpc) is 2.99. The molecule has 5 heteroatoms. The molecule has 0 aromatic carbocycles. The van der Waals surface area contributed by atoms with Gasteiger partial charge in [-0.25, -0.2) is 0 Å². The number of carbonyl (C=O) groups is 2. The minimum atomic E-state index is -0.0306. The maximum absolute atomic E-state index is 11.6. The molecule has 2 amide bonds. The van der Waals surface area contributed by atoms with Gasteiger partial charge in [-0.2, -0.15) is 0 Å². The van der Waals surface area contributed by atoms with E-state index in [1.807, 2.05) is 0 Å². The van der Waals surface area contributed by atoms with E-state index in [0.717, 1.165) is 17.8 Å². The first kappa shape index (κ1) is 11.1. The molecule has 1 saturated carbocycles. The van der Waals surface area contributed by atoms with E-state index >= 15 is 0 Å². The molecule has 1 aliphatic carbocycles. The van der Waals surface area contributed by atoms with Crippen molar-refractivity contribution in [2.75, 3.05) is 19.4 Å². The second-order valence-electron chi connectivity index (χ2n) is 4.13. The molecular formula is C11H14N2O2S. The van der Waals surface area contributed by atoms with Gasteiger partial charge in [0.2, 0.25) is 5.91 Å². The van der Waals surface area contributed by atoms with Crippen molar-refractivity contribution < 1.29 is 9.59 Å². The summed E-state index contributed by atoms with van der Waals surface area (Å²) >= 11 is 1.32. The first-order chi connectivity index (χ1) is 7.58. The van der Waals surface area contributed by atoms with E-state index in [1.54, 1.807) is 26.2 Å². The van der Waals surface area contributed by atoms with E-state index in [9.17, 15) is 9.59 Å². The highest BCUT2D eigenvalue weighted by Crippen LogP contribution is 2.31. The van der Waals surface area contributed by atoms with Crippen LogP contribution in [0, 0.1) is 5.92 Å². The summed E-state index contributed by atoms with van der Waals surface area (Å²) in [5.74, 6) is 0.234. The Kier molecular flexibility index (Phi) is 2.96. The molecule has 1 aromatic rings. The first-order valence-corrected chi connectivity index (χ1v) is 6.02. The highest BCUT2D eigenvalue weighted by Gasteiger charge is 2.29. The molecule has 1 aliphatic rings. The van der Waals surface area contributed by atoms with Gasteiger partial charge in [0, 0.05) is 20.0 Å². The van der Waals surface area contributed by atoms with Gasteiger partial charge in [0.1, 0.15) is 0 Å². The van der Waals surface area contributed by atoms with Crippen molar-refractivity contribution in [3.05, 3.63) is 17.0 Å². The predicted octanol–water partition coefficient (Wildman–Crippen LogP) is 1.80. The van der Waals surface area contributed by atoms with Gasteiger partial charge >= 0.3 is 0 Å². The number of carbonyl (C=O) groups excluding carboxylic acids is 2. The third kappa shape index (κ3) is 2.41. The monoisotopic (exact) mass is 238 g/mol. The van der Waals surface area contributed by atoms with E-state index < -0.39 is 0 Å². The number of thiophene rings is 1. The van der Waals surface area contributed by atoms with Crippen molar-refractivity contribution in [1.29, 1.82) is 0 Å². The molecule has 16 heavy (non-hydrogen) atoms. The Balaban J connectivity index is 2.01. The Bertz CT molecular complexity index is 421. The smallest absolute Gasteiger partial charge is 0.263 e. The largest absolute Gasteiger partial charge is 0.344 e. The molecular weight excluding hydrogens is 224 g/mol. The van der Waals surface area contributed by atoms with Crippen LogP contribution in [0.1, 0.15) is 22.5 Å². The second-order valence-corrected chi connectivity index (χ2v) is 5.21. The van der Waals surface area contributed by atoms with Gasteiger partial charge in [0.25, 0.3) is 5.91 Å². The number of rotatable bonds is 3. The van der Waals surface area contributed by atoms with Crippen LogP contribution >= 0.6 is 11.3 Å². The number of amides is 2. The molecule has 0 spiro atoms. The minimum Gasteiger partial charge on any atom is -0.344 e. The molecule has 1 N–H and O–H groups in total. The lowest BCUT2D eigenvalue weighted by Gasteiger charge is -2.07. The molecule has 2 rings (SSSR count). The third-order valence-corrected chi connectivity index (χ3v) is 3.41. The van der Waals surface area contributed by atoms with Crippen molar-refractivity contribution in [2.45, 2.75) is 12.8 Å². The van der Waals surface area contributed by atoms with Crippen LogP contribution in [0.3, 0.4) is 0 Å². The lowest BCUT2D eigenvalue weighted by atomic mass is 10.4. The second kappa shape index (κ2) is 4.25. The lowest BCUT2D eigenvalue weighted by Crippen LogP contribution is -2.20. The molecule has 1 heterocycles. The zero-order valence-electron chi connectivity index (χ0n) is 9.32. The van der Waals surface area contributed by atoms with Gasteiger partial charge in [0.05, 0.1) is 9.88 Å². The van der Waals surface area contributed by atoms with Crippen molar-refractivity contribution in [2.24, 2.45) is 5.92 Å². The van der Waals surface area contributed by atoms with Crippen LogP contribution in [-0.2, 0) is 4.79 Å². The Labute approximate surface area is 98.3 Å². The fraction of sp³-hybridized carbons (Fsp3) is 0.455. The first-order valence-electron chi connectivity index (χ1n) is 5.20. The van der Waals surface area contributed by atoms with Crippen molar-refractivity contribution in [1.82, 2.24) is 4.90 Å². The maximum Gasteiger partial charge on any atom is 0.263 e. The average molecular weight is 238 g/mol. The Morgan fingerprint density at radius 1 is 1.38 bits per heavy atom. The summed E-state index contributed by atoms with van der Waals surface area (Å²) in [6, 6.07) is 3.52. The minimum absolute atomic E-state index is 0.0306. The van der Waals surface area contributed by atoms with E-state index in [1.165, 1.54) is 16.2 Å². The van der Waals surface area contributed by atoms with Crippen LogP contribution in [-0.4, -0.2) is 30.8 Å². The highest BCUT2D eigenvalue weighted by molar-refractivity contribution is 7.18. The number of hydrogen-bond acceptors (Lipinski definition) is 3. The van der Waals surface area contributed by atoms with E-state index in [-0.39, 0.29) is 17.7 Å². The highest BCUT2D eigenvalue weighted by atomic mass is 32.1. The Hall–Kier alpha value is -1.36. The Morgan fingerprint density at radius 3 is 2.62 bits per heavy atom. The molecule has 0 saturated heterocycles. The maximum atomic E-state index is 11.6. The molecule has 0 aliphatic heterocycles. The molecule has 0 unspecified atom stereocenters. The summed E-state index contributed by atoms with van der Waals surface area (Å²) in [6.45, 7) is 0. The van der Waals surface area contributed by atoms with Crippen molar-refractivity contribution in [3.8, 4) is 0 Å². The standard InChI is InChI=1S/C11H14N2O2S/c1-13(2)11(15)8-5-6-9(16-8)12-10(14)7-3-4-7/h5-7H,3-4H2,1-2H3,(H,12,14). The van der Waals surface area contributed by atoms with Gasteiger partial charge in [-0.1, -0.05) is 0 Å². The summed E-state index contributed by atoms with van der Waals surface area (Å²) in [7, 11) is 3.43. The predicted molar refractivity (Wildman–Crippen MR) is 63.7 cm³/mol. The van der Waals surface area contributed by atoms with Gasteiger partial charge < -0.3 is 10.2 Å². The zero-order valence-corrected chi connectivity index (χ0v) is 10.1. The van der Waals surface area contributed by atoms with Crippen molar-refractivity contribution in [3.63, 3.8) is 0 Å². The molecule has 0 bridgehead atoms. The summed E-state index contributed by atoms with van der Waals surface area (Å²) < 4.78 is 0. The number of nitrogens with zero attached hydrogens (tertiary/aromatic N) is 1. The molecule has 1 fully saturated rings. The van der Waals surface area contributed by atoms with Crippen LogP contribution in [0.25, 0.3) is 0 Å². The van der Waals surface area contributed by atoms with E-state index in [4.69, 9.17) is 0 Å².